The first-order valence-electron chi connectivity index (χ1n) is 12.8. The van der Waals surface area contributed by atoms with Gasteiger partial charge in [-0.1, -0.05) is 54.1 Å². The number of carbonyl (C=O) groups is 2. The maximum atomic E-state index is 14.1. The lowest BCUT2D eigenvalue weighted by atomic mass is 10.0. The summed E-state index contributed by atoms with van der Waals surface area (Å²) >= 11 is 0. The molecule has 0 fully saturated rings. The summed E-state index contributed by atoms with van der Waals surface area (Å²) in [6.45, 7) is 5.91. The Morgan fingerprint density at radius 2 is 1.36 bits per heavy atom. The van der Waals surface area contributed by atoms with Gasteiger partial charge in [0.05, 0.1) is 33.5 Å². The molecule has 0 saturated heterocycles. The zero-order valence-corrected chi connectivity index (χ0v) is 21.8. The topological polar surface area (TPSA) is 68.1 Å². The lowest BCUT2D eigenvalue weighted by Crippen LogP contribution is -2.31. The van der Waals surface area contributed by atoms with Crippen LogP contribution in [0.4, 0.5) is 5.69 Å². The van der Waals surface area contributed by atoms with Gasteiger partial charge in [-0.2, -0.15) is 0 Å². The van der Waals surface area contributed by atoms with Crippen LogP contribution in [0.15, 0.2) is 91.5 Å². The Labute approximate surface area is 225 Å². The molecule has 0 atom stereocenters. The molecule has 2 amide bonds. The summed E-state index contributed by atoms with van der Waals surface area (Å²) in [6, 6.07) is 23.8. The largest absolute Gasteiger partial charge is 0.308 e. The van der Waals surface area contributed by atoms with E-state index in [1.54, 1.807) is 18.5 Å². The van der Waals surface area contributed by atoms with Crippen molar-refractivity contribution in [1.29, 1.82) is 0 Å². The molecule has 188 valence electrons. The smallest absolute Gasteiger partial charge is 0.268 e. The summed E-state index contributed by atoms with van der Waals surface area (Å²) in [4.78, 5) is 37.7. The SMILES string of the molecule is Cc1cc(C)c(N2C(=O)c3cccc(-n4c5ccccc5c5c(-c6cncnc6)cccc54)c3C2=O)c(C)c1. The van der Waals surface area contributed by atoms with Gasteiger partial charge in [0.2, 0.25) is 0 Å². The van der Waals surface area contributed by atoms with Gasteiger partial charge in [-0.25, -0.2) is 14.9 Å². The Morgan fingerprint density at radius 3 is 2.13 bits per heavy atom. The number of hydrogen-bond acceptors (Lipinski definition) is 4. The molecule has 6 nitrogen and oxygen atoms in total. The van der Waals surface area contributed by atoms with E-state index in [4.69, 9.17) is 0 Å². The first kappa shape index (κ1) is 23.0. The Kier molecular flexibility index (Phi) is 5.00. The first-order chi connectivity index (χ1) is 19.0. The second kappa shape index (κ2) is 8.46. The number of anilines is 1. The van der Waals surface area contributed by atoms with Crippen LogP contribution in [0.25, 0.3) is 38.6 Å². The lowest BCUT2D eigenvalue weighted by molar-refractivity contribution is 0.0925. The van der Waals surface area contributed by atoms with Crippen molar-refractivity contribution in [3.8, 4) is 16.8 Å². The zero-order valence-electron chi connectivity index (χ0n) is 21.8. The van der Waals surface area contributed by atoms with Crippen LogP contribution in [0.1, 0.15) is 37.4 Å². The molecule has 0 N–H and O–H groups in total. The average Bonchev–Trinajstić information content (AvgIpc) is 3.41. The minimum absolute atomic E-state index is 0.296. The van der Waals surface area contributed by atoms with E-state index in [2.05, 4.69) is 32.7 Å². The fourth-order valence-electron chi connectivity index (χ4n) is 6.14. The van der Waals surface area contributed by atoms with Crippen LogP contribution in [0.3, 0.4) is 0 Å². The summed E-state index contributed by atoms with van der Waals surface area (Å²) in [5.74, 6) is -0.603. The molecule has 0 spiro atoms. The number of aryl methyl sites for hydroxylation is 3. The predicted molar refractivity (Wildman–Crippen MR) is 154 cm³/mol. The van der Waals surface area contributed by atoms with Gasteiger partial charge in [-0.3, -0.25) is 9.59 Å². The molecular formula is C33H24N4O2. The van der Waals surface area contributed by atoms with Crippen LogP contribution >= 0.6 is 0 Å². The van der Waals surface area contributed by atoms with Crippen LogP contribution in [-0.4, -0.2) is 26.3 Å². The number of benzene rings is 4. The van der Waals surface area contributed by atoms with Gasteiger partial charge in [0.1, 0.15) is 6.33 Å². The molecule has 6 heteroatoms. The molecule has 1 aliphatic rings. The van der Waals surface area contributed by atoms with Crippen molar-refractivity contribution in [3.63, 3.8) is 0 Å². The van der Waals surface area contributed by atoms with Crippen molar-refractivity contribution in [2.75, 3.05) is 4.90 Å². The number of hydrogen-bond donors (Lipinski definition) is 0. The van der Waals surface area contributed by atoms with E-state index in [1.807, 2.05) is 69.3 Å². The third kappa shape index (κ3) is 3.28. The number of aromatic nitrogens is 3. The van der Waals surface area contributed by atoms with Crippen LogP contribution in [0.2, 0.25) is 0 Å². The second-order valence-electron chi connectivity index (χ2n) is 10.1. The lowest BCUT2D eigenvalue weighted by Gasteiger charge is -2.20. The monoisotopic (exact) mass is 508 g/mol. The number of para-hydroxylation sites is 1. The van der Waals surface area contributed by atoms with Crippen molar-refractivity contribution < 1.29 is 9.59 Å². The standard InChI is InChI=1S/C33H24N4O2/c1-19-14-20(2)31(21(3)15-19)37-32(38)25-10-7-13-28(30(25)33(37)39)36-26-11-5-4-8-24(26)29-23(9-6-12-27(29)36)22-16-34-18-35-17-22/h4-18H,1-3H3. The van der Waals surface area contributed by atoms with Gasteiger partial charge in [-0.15, -0.1) is 0 Å². The molecule has 0 saturated carbocycles. The van der Waals surface area contributed by atoms with Gasteiger partial charge < -0.3 is 4.57 Å². The Balaban J connectivity index is 1.51. The summed E-state index contributed by atoms with van der Waals surface area (Å²) in [7, 11) is 0. The van der Waals surface area contributed by atoms with E-state index in [-0.39, 0.29) is 11.8 Å². The number of fused-ring (bicyclic) bond motifs is 4. The zero-order chi connectivity index (χ0) is 26.8. The van der Waals surface area contributed by atoms with E-state index in [0.717, 1.165) is 49.6 Å². The van der Waals surface area contributed by atoms with Gasteiger partial charge >= 0.3 is 0 Å². The molecule has 0 bridgehead atoms. The van der Waals surface area contributed by atoms with E-state index in [9.17, 15) is 9.59 Å². The van der Waals surface area contributed by atoms with E-state index in [1.165, 1.54) is 11.2 Å². The van der Waals surface area contributed by atoms with E-state index >= 15 is 0 Å². The molecule has 4 aromatic carbocycles. The van der Waals surface area contributed by atoms with Crippen LogP contribution in [-0.2, 0) is 0 Å². The molecule has 1 aliphatic heterocycles. The molecular weight excluding hydrogens is 484 g/mol. The van der Waals surface area contributed by atoms with E-state index < -0.39 is 0 Å². The highest BCUT2D eigenvalue weighted by atomic mass is 16.2. The number of nitrogens with zero attached hydrogens (tertiary/aromatic N) is 4. The van der Waals surface area contributed by atoms with Crippen molar-refractivity contribution in [2.24, 2.45) is 0 Å². The average molecular weight is 509 g/mol. The highest BCUT2D eigenvalue weighted by molar-refractivity contribution is 6.36. The van der Waals surface area contributed by atoms with Crippen LogP contribution < -0.4 is 4.90 Å². The van der Waals surface area contributed by atoms with Crippen molar-refractivity contribution in [3.05, 3.63) is 119 Å². The molecule has 7 rings (SSSR count). The second-order valence-corrected chi connectivity index (χ2v) is 10.1. The molecule has 39 heavy (non-hydrogen) atoms. The molecule has 3 heterocycles. The highest BCUT2D eigenvalue weighted by Crippen LogP contribution is 2.41. The first-order valence-corrected chi connectivity index (χ1v) is 12.8. The summed E-state index contributed by atoms with van der Waals surface area (Å²) in [6.07, 6.45) is 5.13. The van der Waals surface area contributed by atoms with Gasteiger partial charge in [-0.05, 0) is 61.7 Å². The Bertz CT molecular complexity index is 1970. The third-order valence-corrected chi connectivity index (χ3v) is 7.56. The van der Waals surface area contributed by atoms with Crippen LogP contribution in [0, 0.1) is 20.8 Å². The van der Waals surface area contributed by atoms with Crippen LogP contribution in [0.5, 0.6) is 0 Å². The Hall–Kier alpha value is -5.10. The Morgan fingerprint density at radius 1 is 0.692 bits per heavy atom. The maximum absolute atomic E-state index is 14.1. The summed E-state index contributed by atoms with van der Waals surface area (Å²) < 4.78 is 2.10. The molecule has 0 unspecified atom stereocenters. The molecule has 6 aromatic rings. The number of rotatable bonds is 3. The fourth-order valence-corrected chi connectivity index (χ4v) is 6.14. The minimum Gasteiger partial charge on any atom is -0.308 e. The fraction of sp³-hybridized carbons (Fsp3) is 0.0909. The molecule has 0 aliphatic carbocycles. The normalized spacial score (nSPS) is 13.1. The summed E-state index contributed by atoms with van der Waals surface area (Å²) in [5, 5.41) is 2.09. The number of carbonyl (C=O) groups excluding carboxylic acids is 2. The number of amides is 2. The van der Waals surface area contributed by atoms with Crippen molar-refractivity contribution >= 4 is 39.3 Å². The van der Waals surface area contributed by atoms with Gasteiger partial charge in [0, 0.05) is 28.7 Å². The predicted octanol–water partition coefficient (Wildman–Crippen LogP) is 6.97. The number of imide groups is 1. The summed E-state index contributed by atoms with van der Waals surface area (Å²) in [5.41, 5.74) is 8.86. The third-order valence-electron chi connectivity index (χ3n) is 7.56. The van der Waals surface area contributed by atoms with Gasteiger partial charge in [0.25, 0.3) is 11.8 Å². The van der Waals surface area contributed by atoms with Crippen molar-refractivity contribution in [2.45, 2.75) is 20.8 Å². The quantitative estimate of drug-likeness (QED) is 0.242. The maximum Gasteiger partial charge on any atom is 0.268 e. The highest BCUT2D eigenvalue weighted by Gasteiger charge is 2.40. The van der Waals surface area contributed by atoms with Crippen molar-refractivity contribution in [1.82, 2.24) is 14.5 Å². The van der Waals surface area contributed by atoms with Gasteiger partial charge in [0.15, 0.2) is 0 Å². The molecule has 0 radical (unpaired) electrons. The van der Waals surface area contributed by atoms with E-state index in [0.29, 0.717) is 22.5 Å². The minimum atomic E-state index is -0.306. The molecule has 2 aromatic heterocycles.